The highest BCUT2D eigenvalue weighted by atomic mass is 15.1. The minimum Gasteiger partial charge on any atom is -0.103 e. The highest BCUT2D eigenvalue weighted by molar-refractivity contribution is 5.48. The summed E-state index contributed by atoms with van der Waals surface area (Å²) in [6, 6.07) is 0. The average Bonchev–Trinajstić information content (AvgIpc) is 3.23. The maximum absolute atomic E-state index is 4.31. The van der Waals surface area contributed by atoms with Gasteiger partial charge in [-0.25, -0.2) is 0 Å². The van der Waals surface area contributed by atoms with Crippen LogP contribution in [0.2, 0.25) is 0 Å². The third kappa shape index (κ3) is 0.503. The topological polar surface area (TPSA) is 0 Å². The van der Waals surface area contributed by atoms with Crippen molar-refractivity contribution < 1.29 is 0 Å². The van der Waals surface area contributed by atoms with E-state index in [4.69, 9.17) is 0 Å². The predicted molar refractivity (Wildman–Crippen MR) is 83.6 cm³/mol. The molecule has 12 rings (SSSR count). The van der Waals surface area contributed by atoms with Crippen LogP contribution in [0, 0.1) is 118 Å². The largest absolute Gasteiger partial charge is 0.103 e. The first kappa shape index (κ1) is 10.0. The van der Waals surface area contributed by atoms with Crippen molar-refractivity contribution in [1.29, 1.82) is 0 Å². The van der Waals surface area contributed by atoms with E-state index in [1.165, 1.54) is 119 Å². The molecule has 0 aliphatic heterocycles. The highest BCUT2D eigenvalue weighted by Gasteiger charge is 3.01. The van der Waals surface area contributed by atoms with Crippen LogP contribution in [-0.4, -0.2) is 0 Å². The molecule has 8 unspecified atom stereocenters. The van der Waals surface area contributed by atoms with Gasteiger partial charge in [-0.15, -0.1) is 6.58 Å². The Morgan fingerprint density at radius 2 is 0.739 bits per heavy atom. The van der Waals surface area contributed by atoms with Crippen LogP contribution in [0.3, 0.4) is 0 Å². The first-order valence-corrected chi connectivity index (χ1v) is 11.0. The summed E-state index contributed by atoms with van der Waals surface area (Å²) < 4.78 is 0. The molecule has 0 bridgehead atoms. The lowest BCUT2D eigenvalue weighted by molar-refractivity contribution is 0.0862. The van der Waals surface area contributed by atoms with Crippen molar-refractivity contribution in [1.82, 2.24) is 0 Å². The summed E-state index contributed by atoms with van der Waals surface area (Å²) in [4.78, 5) is 0. The number of rotatable bonds is 2. The number of hydrogen-bond acceptors (Lipinski definition) is 0. The lowest BCUT2D eigenvalue weighted by atomic mass is 9.65. The zero-order valence-electron chi connectivity index (χ0n) is 13.5. The Kier molecular flexibility index (Phi) is 0.973. The van der Waals surface area contributed by atoms with E-state index in [2.05, 4.69) is 12.7 Å². The second kappa shape index (κ2) is 2.23. The van der Waals surface area contributed by atoms with Gasteiger partial charge < -0.3 is 0 Å². The van der Waals surface area contributed by atoms with Crippen LogP contribution < -0.4 is 0 Å². The molecule has 12 aliphatic rings. The van der Waals surface area contributed by atoms with Gasteiger partial charge in [0.25, 0.3) is 0 Å². The van der Waals surface area contributed by atoms with Gasteiger partial charge >= 0.3 is 0 Å². The smallest absolute Gasteiger partial charge is 0.0161 e. The third-order valence-electron chi connectivity index (χ3n) is 14.2. The first-order chi connectivity index (χ1) is 11.4. The monoisotopic (exact) mass is 300 g/mol. The second-order valence-electron chi connectivity index (χ2n) is 12.4. The van der Waals surface area contributed by atoms with Gasteiger partial charge in [0.05, 0.1) is 0 Å². The molecule has 0 heterocycles. The van der Waals surface area contributed by atoms with E-state index >= 15 is 0 Å². The molecule has 12 saturated carbocycles. The van der Waals surface area contributed by atoms with E-state index in [0.29, 0.717) is 0 Å². The maximum atomic E-state index is 4.31. The van der Waals surface area contributed by atoms with E-state index in [1.54, 1.807) is 0 Å². The lowest BCUT2D eigenvalue weighted by Crippen LogP contribution is -2.35. The molecule has 116 valence electrons. The lowest BCUT2D eigenvalue weighted by Gasteiger charge is -2.39. The Hall–Kier alpha value is -0.260. The van der Waals surface area contributed by atoms with Crippen molar-refractivity contribution in [2.75, 3.05) is 0 Å². The number of hydrogen-bond donors (Lipinski definition) is 0. The van der Waals surface area contributed by atoms with E-state index in [0.717, 1.165) is 5.41 Å². The quantitative estimate of drug-likeness (QED) is 0.686. The fraction of sp³-hybridized carbons (Fsp3) is 0.913. The van der Waals surface area contributed by atoms with Crippen LogP contribution in [0.1, 0.15) is 6.42 Å². The standard InChI is InChI=1S/C23H24/c1-2-3-23-20-14-8-5-4-6-10(8)16(20)18-12(6)13-7(4)11-9(5)15(14)21(23)17(11)19(13)22(18)23/h2,4-22H,1,3H2/t4?,5?,6?,7?,8-,9-,10-,11+,12+,13+,14-,15+,16-,17+,18+,19-,20?,21?,22?,23?/m0/s1. The Morgan fingerprint density at radius 3 is 1.00 bits per heavy atom. The summed E-state index contributed by atoms with van der Waals surface area (Å²) in [5.41, 5.74) is 0.833. The van der Waals surface area contributed by atoms with Crippen LogP contribution in [-0.2, 0) is 0 Å². The fourth-order valence-corrected chi connectivity index (χ4v) is 16.4. The molecule has 0 N–H and O–H groups in total. The fourth-order valence-electron chi connectivity index (χ4n) is 16.4. The van der Waals surface area contributed by atoms with Crippen LogP contribution in [0.4, 0.5) is 0 Å². The highest BCUT2D eigenvalue weighted by Crippen LogP contribution is 3.04. The molecular formula is C23H24. The van der Waals surface area contributed by atoms with Gasteiger partial charge in [0.1, 0.15) is 0 Å². The van der Waals surface area contributed by atoms with Gasteiger partial charge in [-0.2, -0.15) is 0 Å². The van der Waals surface area contributed by atoms with Crippen LogP contribution in [0.25, 0.3) is 0 Å². The molecule has 12 aliphatic carbocycles. The summed E-state index contributed by atoms with van der Waals surface area (Å²) in [5.74, 6) is 24.1. The Bertz CT molecular complexity index is 663. The molecule has 0 saturated heterocycles. The van der Waals surface area contributed by atoms with Gasteiger partial charge in [-0.05, 0) is 124 Å². The van der Waals surface area contributed by atoms with Crippen LogP contribution in [0.5, 0.6) is 0 Å². The van der Waals surface area contributed by atoms with Crippen molar-refractivity contribution in [3.8, 4) is 0 Å². The van der Waals surface area contributed by atoms with Crippen molar-refractivity contribution in [2.45, 2.75) is 6.42 Å². The Labute approximate surface area is 137 Å². The van der Waals surface area contributed by atoms with Gasteiger partial charge in [0, 0.05) is 0 Å². The number of allylic oxidation sites excluding steroid dienone is 1. The Morgan fingerprint density at radius 1 is 0.478 bits per heavy atom. The minimum atomic E-state index is 0.833. The second-order valence-corrected chi connectivity index (χ2v) is 12.4. The molecule has 0 nitrogen and oxygen atoms in total. The minimum absolute atomic E-state index is 0.833. The van der Waals surface area contributed by atoms with E-state index in [9.17, 15) is 0 Å². The normalized spacial score (nSPS) is 98.5. The van der Waals surface area contributed by atoms with E-state index in [-0.39, 0.29) is 0 Å². The Balaban J connectivity index is 1.42. The van der Waals surface area contributed by atoms with Crippen molar-refractivity contribution in [2.24, 2.45) is 118 Å². The zero-order valence-corrected chi connectivity index (χ0v) is 13.5. The third-order valence-corrected chi connectivity index (χ3v) is 14.2. The first-order valence-electron chi connectivity index (χ1n) is 11.0. The van der Waals surface area contributed by atoms with Crippen LogP contribution >= 0.6 is 0 Å². The summed E-state index contributed by atoms with van der Waals surface area (Å²) in [6.07, 6.45) is 3.85. The van der Waals surface area contributed by atoms with Gasteiger partial charge in [-0.3, -0.25) is 0 Å². The molecule has 20 atom stereocenters. The molecule has 12 fully saturated rings. The molecular weight excluding hydrogens is 276 g/mol. The molecule has 23 heavy (non-hydrogen) atoms. The summed E-state index contributed by atoms with van der Waals surface area (Å²) >= 11 is 0. The molecule has 0 amide bonds. The van der Waals surface area contributed by atoms with Crippen molar-refractivity contribution >= 4 is 0 Å². The molecule has 0 aromatic carbocycles. The summed E-state index contributed by atoms with van der Waals surface area (Å²) in [7, 11) is 0. The summed E-state index contributed by atoms with van der Waals surface area (Å²) in [6.45, 7) is 4.31. The maximum Gasteiger partial charge on any atom is -0.0161 e. The molecule has 0 aromatic heterocycles. The van der Waals surface area contributed by atoms with Gasteiger partial charge in [0.2, 0.25) is 0 Å². The van der Waals surface area contributed by atoms with Crippen LogP contribution in [0.15, 0.2) is 12.7 Å². The molecule has 0 spiro atoms. The predicted octanol–water partition coefficient (Wildman–Crippen LogP) is 3.41. The average molecular weight is 300 g/mol. The zero-order chi connectivity index (χ0) is 13.9. The van der Waals surface area contributed by atoms with Gasteiger partial charge in [0.15, 0.2) is 0 Å². The summed E-state index contributed by atoms with van der Waals surface area (Å²) in [5, 5.41) is 0. The van der Waals surface area contributed by atoms with E-state index in [1.807, 2.05) is 0 Å². The molecule has 0 radical (unpaired) electrons. The SMILES string of the molecule is C=CCC12C3[C@@H]4[C@@H]5C6C7C8[C@@H]9[C@@H]6[C@@H]4C1[C@H]9[C@H]1C2[C@H]2[C@@H](C7[C@@H]5[C@@H]32)[C@H]81. The molecule has 0 aromatic rings. The van der Waals surface area contributed by atoms with Crippen molar-refractivity contribution in [3.05, 3.63) is 12.7 Å². The van der Waals surface area contributed by atoms with Gasteiger partial charge in [-0.1, -0.05) is 6.08 Å². The van der Waals surface area contributed by atoms with E-state index < -0.39 is 0 Å². The van der Waals surface area contributed by atoms with Crippen molar-refractivity contribution in [3.63, 3.8) is 0 Å². The molecule has 0 heteroatoms.